The Morgan fingerprint density at radius 3 is 2.34 bits per heavy atom. The lowest BCUT2D eigenvalue weighted by atomic mass is 10.1. The number of nitrogens with one attached hydrogen (secondary N) is 2. The molecule has 0 saturated carbocycles. The van der Waals surface area contributed by atoms with Gasteiger partial charge in [0.15, 0.2) is 6.61 Å². The number of amides is 1. The number of hydrogen-bond acceptors (Lipinski definition) is 4. The molecule has 0 aliphatic rings. The van der Waals surface area contributed by atoms with Crippen LogP contribution in [-0.4, -0.2) is 24.2 Å². The third kappa shape index (κ3) is 6.75. The number of aryl methyl sites for hydroxylation is 1. The van der Waals surface area contributed by atoms with Crippen LogP contribution in [0.25, 0.3) is 0 Å². The van der Waals surface area contributed by atoms with Crippen molar-refractivity contribution in [3.8, 4) is 5.75 Å². The van der Waals surface area contributed by atoms with E-state index in [1.165, 1.54) is 0 Å². The minimum absolute atomic E-state index is 0.0469. The fraction of sp³-hybridized carbons (Fsp3) is 0.208. The highest BCUT2D eigenvalue weighted by Crippen LogP contribution is 2.14. The summed E-state index contributed by atoms with van der Waals surface area (Å²) in [5, 5.41) is 16.2. The first-order valence-corrected chi connectivity index (χ1v) is 9.62. The molecule has 3 N–H and O–H groups in total. The van der Waals surface area contributed by atoms with E-state index >= 15 is 0 Å². The Morgan fingerprint density at radius 2 is 1.66 bits per heavy atom. The normalized spacial score (nSPS) is 11.7. The van der Waals surface area contributed by atoms with Crippen molar-refractivity contribution in [3.05, 3.63) is 95.6 Å². The third-order valence-electron chi connectivity index (χ3n) is 4.48. The van der Waals surface area contributed by atoms with Crippen molar-refractivity contribution in [2.45, 2.75) is 19.6 Å². The molecule has 0 aromatic heterocycles. The van der Waals surface area contributed by atoms with Gasteiger partial charge in [-0.15, -0.1) is 0 Å². The molecule has 3 rings (SSSR count). The van der Waals surface area contributed by atoms with E-state index in [9.17, 15) is 9.90 Å². The van der Waals surface area contributed by atoms with Crippen molar-refractivity contribution in [2.24, 2.45) is 0 Å². The Hall–Kier alpha value is -3.15. The summed E-state index contributed by atoms with van der Waals surface area (Å²) >= 11 is 0. The Kier molecular flexibility index (Phi) is 7.39. The smallest absolute Gasteiger partial charge is 0.262 e. The van der Waals surface area contributed by atoms with Gasteiger partial charge in [0, 0.05) is 18.8 Å². The van der Waals surface area contributed by atoms with Gasteiger partial charge in [0.25, 0.3) is 5.91 Å². The number of carbonyl (C=O) groups excluding carboxylic acids is 1. The zero-order valence-electron chi connectivity index (χ0n) is 16.5. The minimum Gasteiger partial charge on any atom is -0.484 e. The summed E-state index contributed by atoms with van der Waals surface area (Å²) < 4.78 is 5.55. The zero-order chi connectivity index (χ0) is 20.5. The fourth-order valence-electron chi connectivity index (χ4n) is 2.83. The van der Waals surface area contributed by atoms with Crippen LogP contribution in [0, 0.1) is 6.92 Å². The van der Waals surface area contributed by atoms with E-state index in [-0.39, 0.29) is 12.5 Å². The highest BCUT2D eigenvalue weighted by atomic mass is 16.5. The van der Waals surface area contributed by atoms with Gasteiger partial charge in [0.2, 0.25) is 0 Å². The van der Waals surface area contributed by atoms with Gasteiger partial charge < -0.3 is 20.5 Å². The van der Waals surface area contributed by atoms with Crippen molar-refractivity contribution < 1.29 is 14.6 Å². The molecule has 0 fully saturated rings. The average molecular weight is 390 g/mol. The number of carbonyl (C=O) groups is 1. The van der Waals surface area contributed by atoms with Crippen LogP contribution in [0.15, 0.2) is 78.9 Å². The standard InChI is InChI=1S/C24H26N2O3/c1-18-7-11-21(12-8-18)26-24(28)17-29-22-13-9-19(10-14-22)15-25-16-23(27)20-5-3-2-4-6-20/h2-14,23,25,27H,15-17H2,1H3,(H,26,28)/t23-/m0/s1. The number of aliphatic hydroxyl groups is 1. The van der Waals surface area contributed by atoms with E-state index < -0.39 is 6.10 Å². The maximum Gasteiger partial charge on any atom is 0.262 e. The largest absolute Gasteiger partial charge is 0.484 e. The molecule has 3 aromatic carbocycles. The van der Waals surface area contributed by atoms with Gasteiger partial charge in [0.1, 0.15) is 5.75 Å². The number of rotatable bonds is 9. The summed E-state index contributed by atoms with van der Waals surface area (Å²) in [5.41, 5.74) is 3.86. The van der Waals surface area contributed by atoms with Crippen LogP contribution >= 0.6 is 0 Å². The molecule has 0 radical (unpaired) electrons. The van der Waals surface area contributed by atoms with Crippen molar-refractivity contribution >= 4 is 11.6 Å². The Balaban J connectivity index is 1.39. The van der Waals surface area contributed by atoms with Gasteiger partial charge in [-0.25, -0.2) is 0 Å². The van der Waals surface area contributed by atoms with Crippen LogP contribution in [0.1, 0.15) is 22.8 Å². The van der Waals surface area contributed by atoms with Gasteiger partial charge in [-0.1, -0.05) is 60.2 Å². The topological polar surface area (TPSA) is 70.6 Å². The van der Waals surface area contributed by atoms with Gasteiger partial charge in [-0.3, -0.25) is 4.79 Å². The van der Waals surface area contributed by atoms with E-state index in [4.69, 9.17) is 4.74 Å². The highest BCUT2D eigenvalue weighted by Gasteiger charge is 2.07. The monoisotopic (exact) mass is 390 g/mol. The van der Waals surface area contributed by atoms with Gasteiger partial charge in [0.05, 0.1) is 6.10 Å². The van der Waals surface area contributed by atoms with Crippen molar-refractivity contribution in [3.63, 3.8) is 0 Å². The van der Waals surface area contributed by atoms with Gasteiger partial charge in [-0.2, -0.15) is 0 Å². The van der Waals surface area contributed by atoms with Gasteiger partial charge in [-0.05, 0) is 42.3 Å². The number of ether oxygens (including phenoxy) is 1. The third-order valence-corrected chi connectivity index (χ3v) is 4.48. The minimum atomic E-state index is -0.536. The lowest BCUT2D eigenvalue weighted by Gasteiger charge is -2.12. The predicted octanol–water partition coefficient (Wildman–Crippen LogP) is 3.84. The molecule has 1 atom stereocenters. The lowest BCUT2D eigenvalue weighted by molar-refractivity contribution is -0.118. The molecular weight excluding hydrogens is 364 g/mol. The molecule has 0 aliphatic carbocycles. The quantitative estimate of drug-likeness (QED) is 0.519. The first-order chi connectivity index (χ1) is 14.1. The van der Waals surface area contributed by atoms with Gasteiger partial charge >= 0.3 is 0 Å². The second-order valence-corrected chi connectivity index (χ2v) is 6.90. The summed E-state index contributed by atoms with van der Waals surface area (Å²) in [7, 11) is 0. The van der Waals surface area contributed by atoms with Crippen LogP contribution < -0.4 is 15.4 Å². The highest BCUT2D eigenvalue weighted by molar-refractivity contribution is 5.91. The maximum absolute atomic E-state index is 12.0. The summed E-state index contributed by atoms with van der Waals surface area (Å²) in [6, 6.07) is 24.8. The van der Waals surface area contributed by atoms with Crippen LogP contribution in [0.4, 0.5) is 5.69 Å². The molecule has 5 heteroatoms. The predicted molar refractivity (Wildman–Crippen MR) is 115 cm³/mol. The molecule has 150 valence electrons. The molecule has 0 aliphatic heterocycles. The Bertz CT molecular complexity index is 894. The number of anilines is 1. The SMILES string of the molecule is Cc1ccc(NC(=O)COc2ccc(CNC[C@H](O)c3ccccc3)cc2)cc1. The van der Waals surface area contributed by atoms with Crippen LogP contribution in [-0.2, 0) is 11.3 Å². The molecule has 0 heterocycles. The number of benzene rings is 3. The molecule has 0 unspecified atom stereocenters. The van der Waals surface area contributed by atoms with Crippen LogP contribution in [0.3, 0.4) is 0 Å². The van der Waals surface area contributed by atoms with Crippen molar-refractivity contribution in [2.75, 3.05) is 18.5 Å². The van der Waals surface area contributed by atoms with Crippen LogP contribution in [0.5, 0.6) is 5.75 Å². The first kappa shape index (κ1) is 20.6. The fourth-order valence-corrected chi connectivity index (χ4v) is 2.83. The van der Waals surface area contributed by atoms with Crippen molar-refractivity contribution in [1.82, 2.24) is 5.32 Å². The van der Waals surface area contributed by atoms with Crippen molar-refractivity contribution in [1.29, 1.82) is 0 Å². The maximum atomic E-state index is 12.0. The van der Waals surface area contributed by atoms with E-state index in [1.807, 2.05) is 85.8 Å². The molecular formula is C24H26N2O3. The Labute approximate surface area is 171 Å². The summed E-state index contributed by atoms with van der Waals surface area (Å²) in [4.78, 5) is 12.0. The summed E-state index contributed by atoms with van der Waals surface area (Å²) in [5.74, 6) is 0.437. The lowest BCUT2D eigenvalue weighted by Crippen LogP contribution is -2.21. The molecule has 0 saturated heterocycles. The average Bonchev–Trinajstić information content (AvgIpc) is 2.75. The van der Waals surface area contributed by atoms with E-state index in [1.54, 1.807) is 0 Å². The molecule has 1 amide bonds. The van der Waals surface area contributed by atoms with E-state index in [0.29, 0.717) is 18.8 Å². The van der Waals surface area contributed by atoms with E-state index in [2.05, 4.69) is 10.6 Å². The Morgan fingerprint density at radius 1 is 0.966 bits per heavy atom. The molecule has 0 spiro atoms. The molecule has 5 nitrogen and oxygen atoms in total. The molecule has 3 aromatic rings. The number of hydrogen-bond donors (Lipinski definition) is 3. The van der Waals surface area contributed by atoms with Crippen LogP contribution in [0.2, 0.25) is 0 Å². The summed E-state index contributed by atoms with van der Waals surface area (Å²) in [6.07, 6.45) is -0.536. The zero-order valence-corrected chi connectivity index (χ0v) is 16.5. The second-order valence-electron chi connectivity index (χ2n) is 6.90. The first-order valence-electron chi connectivity index (χ1n) is 9.62. The van der Waals surface area contributed by atoms with E-state index in [0.717, 1.165) is 22.4 Å². The summed E-state index contributed by atoms with van der Waals surface area (Å²) in [6.45, 7) is 3.06. The molecule has 0 bridgehead atoms. The molecule has 29 heavy (non-hydrogen) atoms. The second kappa shape index (κ2) is 10.4. The number of aliphatic hydroxyl groups excluding tert-OH is 1.